The van der Waals surface area contributed by atoms with Crippen LogP contribution in [0.4, 0.5) is 11.8 Å². The van der Waals surface area contributed by atoms with Crippen molar-refractivity contribution >= 4 is 22.9 Å². The van der Waals surface area contributed by atoms with Crippen molar-refractivity contribution in [3.63, 3.8) is 0 Å². The normalized spacial score (nSPS) is 11.2. The fraction of sp³-hybridized carbons (Fsp3) is 0.625. The van der Waals surface area contributed by atoms with Crippen LogP contribution in [0.25, 0.3) is 11.2 Å². The summed E-state index contributed by atoms with van der Waals surface area (Å²) in [6.45, 7) is 4.39. The fourth-order valence-electron chi connectivity index (χ4n) is 2.54. The summed E-state index contributed by atoms with van der Waals surface area (Å²) >= 11 is 0. The molecule has 0 fully saturated rings. The monoisotopic (exact) mass is 302 g/mol. The maximum absolute atomic E-state index is 5.92. The molecule has 6 heteroatoms. The second-order valence-electron chi connectivity index (χ2n) is 5.67. The zero-order chi connectivity index (χ0) is 15.9. The molecule has 0 saturated heterocycles. The largest absolute Gasteiger partial charge is 0.382 e. The van der Waals surface area contributed by atoms with Crippen LogP contribution in [0, 0.1) is 0 Å². The first-order valence-electron chi connectivity index (χ1n) is 8.24. The molecule has 4 N–H and O–H groups in total. The molecular weight excluding hydrogens is 276 g/mol. The molecule has 2 aromatic heterocycles. The number of aromatic nitrogens is 4. The molecule has 0 saturated carbocycles. The molecule has 0 bridgehead atoms. The lowest BCUT2D eigenvalue weighted by Crippen LogP contribution is -2.08. The average Bonchev–Trinajstić information content (AvgIpc) is 2.48. The number of fused-ring (bicyclic) bond motifs is 1. The van der Waals surface area contributed by atoms with E-state index >= 15 is 0 Å². The predicted octanol–water partition coefficient (Wildman–Crippen LogP) is 3.05. The molecule has 0 aliphatic carbocycles. The van der Waals surface area contributed by atoms with Crippen molar-refractivity contribution in [3.8, 4) is 0 Å². The Balaban J connectivity index is 2.35. The highest BCUT2D eigenvalue weighted by atomic mass is 15.1. The van der Waals surface area contributed by atoms with Gasteiger partial charge in [-0.1, -0.05) is 39.5 Å². The van der Waals surface area contributed by atoms with Gasteiger partial charge in [0.15, 0.2) is 17.0 Å². The van der Waals surface area contributed by atoms with Gasteiger partial charge in [0, 0.05) is 0 Å². The van der Waals surface area contributed by atoms with Crippen molar-refractivity contribution in [3.05, 3.63) is 11.4 Å². The highest BCUT2D eigenvalue weighted by molar-refractivity contribution is 5.82. The van der Waals surface area contributed by atoms with Crippen LogP contribution in [0.15, 0.2) is 0 Å². The Kier molecular flexibility index (Phi) is 5.86. The number of unbranched alkanes of at least 4 members (excludes halogenated alkanes) is 4. The number of nitrogens with two attached hydrogens (primary N) is 2. The Labute approximate surface area is 131 Å². The maximum Gasteiger partial charge on any atom is 0.224 e. The first-order chi connectivity index (χ1) is 10.7. The number of rotatable bonds is 8. The van der Waals surface area contributed by atoms with Crippen LogP contribution in [-0.2, 0) is 12.8 Å². The Morgan fingerprint density at radius 2 is 1.32 bits per heavy atom. The lowest BCUT2D eigenvalue weighted by Gasteiger charge is -2.10. The summed E-state index contributed by atoms with van der Waals surface area (Å²) < 4.78 is 0. The Hall–Kier alpha value is -1.98. The standard InChI is InChI=1S/C16H26N6/c1-3-5-7-9-11-12(10-8-6-4-2)20-15-13(19-11)14(17)21-16(18)22-15/h3-10H2,1-2H3,(H4,17,18,20,21,22). The van der Waals surface area contributed by atoms with Gasteiger partial charge in [-0.25, -0.2) is 9.97 Å². The molecule has 0 aliphatic heterocycles. The molecule has 0 unspecified atom stereocenters. The van der Waals surface area contributed by atoms with Gasteiger partial charge < -0.3 is 11.5 Å². The Morgan fingerprint density at radius 3 is 1.91 bits per heavy atom. The third-order valence-electron chi connectivity index (χ3n) is 3.76. The molecule has 0 amide bonds. The predicted molar refractivity (Wildman–Crippen MR) is 90.4 cm³/mol. The minimum Gasteiger partial charge on any atom is -0.382 e. The molecule has 0 radical (unpaired) electrons. The van der Waals surface area contributed by atoms with Crippen LogP contribution < -0.4 is 11.5 Å². The van der Waals surface area contributed by atoms with Gasteiger partial charge in [-0.15, -0.1) is 0 Å². The number of anilines is 2. The number of nitrogen functional groups attached to an aromatic ring is 2. The van der Waals surface area contributed by atoms with Gasteiger partial charge in [-0.2, -0.15) is 9.97 Å². The lowest BCUT2D eigenvalue weighted by atomic mass is 10.1. The van der Waals surface area contributed by atoms with Gasteiger partial charge in [0.1, 0.15) is 0 Å². The molecule has 6 nitrogen and oxygen atoms in total. The quantitative estimate of drug-likeness (QED) is 0.726. The van der Waals surface area contributed by atoms with Crippen molar-refractivity contribution in [2.45, 2.75) is 65.2 Å². The van der Waals surface area contributed by atoms with Gasteiger partial charge >= 0.3 is 0 Å². The first kappa shape index (κ1) is 16.4. The Morgan fingerprint density at radius 1 is 0.727 bits per heavy atom. The van der Waals surface area contributed by atoms with E-state index in [9.17, 15) is 0 Å². The van der Waals surface area contributed by atoms with Crippen LogP contribution in [0.3, 0.4) is 0 Å². The minimum absolute atomic E-state index is 0.151. The smallest absolute Gasteiger partial charge is 0.224 e. The molecular formula is C16H26N6. The fourth-order valence-corrected chi connectivity index (χ4v) is 2.54. The van der Waals surface area contributed by atoms with E-state index < -0.39 is 0 Å². The third-order valence-corrected chi connectivity index (χ3v) is 3.76. The Bertz CT molecular complexity index is 626. The van der Waals surface area contributed by atoms with Crippen molar-refractivity contribution < 1.29 is 0 Å². The summed E-state index contributed by atoms with van der Waals surface area (Å²) in [7, 11) is 0. The van der Waals surface area contributed by atoms with E-state index in [0.29, 0.717) is 17.0 Å². The van der Waals surface area contributed by atoms with E-state index in [2.05, 4.69) is 28.8 Å². The van der Waals surface area contributed by atoms with Gasteiger partial charge in [0.05, 0.1) is 11.4 Å². The summed E-state index contributed by atoms with van der Waals surface area (Å²) in [5, 5.41) is 0. The van der Waals surface area contributed by atoms with Crippen LogP contribution >= 0.6 is 0 Å². The third kappa shape index (κ3) is 4.02. The second kappa shape index (κ2) is 7.87. The SMILES string of the molecule is CCCCCc1nc2nc(N)nc(N)c2nc1CCCCC. The van der Waals surface area contributed by atoms with Crippen LogP contribution in [0.2, 0.25) is 0 Å². The molecule has 0 atom stereocenters. The molecule has 0 aliphatic rings. The van der Waals surface area contributed by atoms with E-state index in [-0.39, 0.29) is 5.95 Å². The summed E-state index contributed by atoms with van der Waals surface area (Å²) in [5.74, 6) is 0.462. The molecule has 2 aromatic rings. The van der Waals surface area contributed by atoms with Gasteiger partial charge in [0.2, 0.25) is 5.95 Å². The lowest BCUT2D eigenvalue weighted by molar-refractivity contribution is 0.675. The summed E-state index contributed by atoms with van der Waals surface area (Å²) in [6, 6.07) is 0. The molecule has 120 valence electrons. The summed E-state index contributed by atoms with van der Waals surface area (Å²) in [4.78, 5) is 17.5. The molecule has 2 heterocycles. The van der Waals surface area contributed by atoms with E-state index in [0.717, 1.165) is 37.1 Å². The van der Waals surface area contributed by atoms with Crippen molar-refractivity contribution in [1.82, 2.24) is 19.9 Å². The van der Waals surface area contributed by atoms with Crippen LogP contribution in [0.5, 0.6) is 0 Å². The van der Waals surface area contributed by atoms with E-state index in [1.165, 1.54) is 25.7 Å². The summed E-state index contributed by atoms with van der Waals surface area (Å²) in [5.41, 5.74) is 14.7. The molecule has 0 aromatic carbocycles. The van der Waals surface area contributed by atoms with Crippen molar-refractivity contribution in [2.75, 3.05) is 11.5 Å². The number of nitrogens with zero attached hydrogens (tertiary/aromatic N) is 4. The highest BCUT2D eigenvalue weighted by Crippen LogP contribution is 2.20. The zero-order valence-corrected chi connectivity index (χ0v) is 13.6. The van der Waals surface area contributed by atoms with Crippen LogP contribution in [-0.4, -0.2) is 19.9 Å². The van der Waals surface area contributed by atoms with E-state index in [4.69, 9.17) is 16.5 Å². The topological polar surface area (TPSA) is 104 Å². The summed E-state index contributed by atoms with van der Waals surface area (Å²) in [6.07, 6.45) is 8.87. The second-order valence-corrected chi connectivity index (χ2v) is 5.67. The highest BCUT2D eigenvalue weighted by Gasteiger charge is 2.13. The zero-order valence-electron chi connectivity index (χ0n) is 13.6. The van der Waals surface area contributed by atoms with Gasteiger partial charge in [-0.3, -0.25) is 0 Å². The minimum atomic E-state index is 0.151. The number of aryl methyl sites for hydroxylation is 2. The van der Waals surface area contributed by atoms with Crippen molar-refractivity contribution in [2.24, 2.45) is 0 Å². The van der Waals surface area contributed by atoms with Gasteiger partial charge in [0.25, 0.3) is 0 Å². The van der Waals surface area contributed by atoms with E-state index in [1.54, 1.807) is 0 Å². The van der Waals surface area contributed by atoms with Crippen molar-refractivity contribution in [1.29, 1.82) is 0 Å². The van der Waals surface area contributed by atoms with Gasteiger partial charge in [-0.05, 0) is 25.7 Å². The molecule has 22 heavy (non-hydrogen) atoms. The molecule has 0 spiro atoms. The maximum atomic E-state index is 5.92. The van der Waals surface area contributed by atoms with Crippen LogP contribution in [0.1, 0.15) is 63.8 Å². The average molecular weight is 302 g/mol. The number of hydrogen-bond donors (Lipinski definition) is 2. The number of hydrogen-bond acceptors (Lipinski definition) is 6. The first-order valence-corrected chi connectivity index (χ1v) is 8.24. The van der Waals surface area contributed by atoms with E-state index in [1.807, 2.05) is 0 Å². The molecule has 2 rings (SSSR count).